The number of nitrogens with zero attached hydrogens (tertiary/aromatic N) is 2. The van der Waals surface area contributed by atoms with Crippen LogP contribution in [0.4, 0.5) is 0 Å². The van der Waals surface area contributed by atoms with Crippen molar-refractivity contribution in [1.82, 2.24) is 15.5 Å². The van der Waals surface area contributed by atoms with Crippen molar-refractivity contribution in [1.29, 1.82) is 0 Å². The first-order valence-electron chi connectivity index (χ1n) is 8.42. The van der Waals surface area contributed by atoms with E-state index < -0.39 is 6.10 Å². The summed E-state index contributed by atoms with van der Waals surface area (Å²) in [5, 5.41) is 6.69. The Bertz CT molecular complexity index is 870. The molecule has 1 aromatic heterocycles. The van der Waals surface area contributed by atoms with Gasteiger partial charge in [0.15, 0.2) is 6.10 Å². The van der Waals surface area contributed by atoms with Crippen LogP contribution >= 0.6 is 0 Å². The van der Waals surface area contributed by atoms with E-state index in [-0.39, 0.29) is 12.5 Å². The van der Waals surface area contributed by atoms with Crippen molar-refractivity contribution in [2.75, 3.05) is 0 Å². The fraction of sp³-hybridized carbons (Fsp3) is 0.250. The number of hydrogen-bond acceptors (Lipinski definition) is 5. The number of rotatable bonds is 6. The summed E-state index contributed by atoms with van der Waals surface area (Å²) >= 11 is 0. The first-order valence-corrected chi connectivity index (χ1v) is 8.42. The molecule has 26 heavy (non-hydrogen) atoms. The molecule has 0 radical (unpaired) electrons. The summed E-state index contributed by atoms with van der Waals surface area (Å²) in [6, 6.07) is 15.4. The molecule has 1 atom stereocenters. The van der Waals surface area contributed by atoms with Crippen molar-refractivity contribution < 1.29 is 14.1 Å². The third-order valence-electron chi connectivity index (χ3n) is 3.89. The van der Waals surface area contributed by atoms with Gasteiger partial charge in [0.1, 0.15) is 5.75 Å². The van der Waals surface area contributed by atoms with E-state index in [0.717, 1.165) is 16.7 Å². The van der Waals surface area contributed by atoms with E-state index in [9.17, 15) is 4.79 Å². The summed E-state index contributed by atoms with van der Waals surface area (Å²) in [6.07, 6.45) is -0.628. The van der Waals surface area contributed by atoms with Crippen molar-refractivity contribution in [2.45, 2.75) is 33.4 Å². The summed E-state index contributed by atoms with van der Waals surface area (Å²) in [5.41, 5.74) is 3.16. The first kappa shape index (κ1) is 17.7. The number of hydrogen-bond donors (Lipinski definition) is 1. The fourth-order valence-corrected chi connectivity index (χ4v) is 2.33. The van der Waals surface area contributed by atoms with E-state index in [1.54, 1.807) is 6.92 Å². The maximum atomic E-state index is 12.2. The molecule has 0 saturated carbocycles. The Kier molecular flexibility index (Phi) is 5.31. The second-order valence-corrected chi connectivity index (χ2v) is 6.17. The molecule has 0 aliphatic rings. The van der Waals surface area contributed by atoms with Crippen LogP contribution in [0.3, 0.4) is 0 Å². The van der Waals surface area contributed by atoms with E-state index in [4.69, 9.17) is 9.26 Å². The van der Waals surface area contributed by atoms with Crippen LogP contribution in [-0.4, -0.2) is 22.2 Å². The zero-order valence-corrected chi connectivity index (χ0v) is 15.0. The van der Waals surface area contributed by atoms with Crippen LogP contribution in [0.15, 0.2) is 53.1 Å². The van der Waals surface area contributed by atoms with Gasteiger partial charge < -0.3 is 14.6 Å². The zero-order chi connectivity index (χ0) is 18.5. The summed E-state index contributed by atoms with van der Waals surface area (Å²) in [7, 11) is 0. The molecule has 3 rings (SSSR count). The molecule has 1 heterocycles. The topological polar surface area (TPSA) is 77.2 Å². The van der Waals surface area contributed by atoms with Gasteiger partial charge in [-0.1, -0.05) is 52.7 Å². The Morgan fingerprint density at radius 1 is 1.08 bits per heavy atom. The Morgan fingerprint density at radius 2 is 1.69 bits per heavy atom. The second-order valence-electron chi connectivity index (χ2n) is 6.17. The van der Waals surface area contributed by atoms with Crippen LogP contribution in [0.2, 0.25) is 0 Å². The lowest BCUT2D eigenvalue weighted by molar-refractivity contribution is -0.127. The molecule has 6 heteroatoms. The maximum Gasteiger partial charge on any atom is 0.261 e. The van der Waals surface area contributed by atoms with Crippen molar-refractivity contribution >= 4 is 5.91 Å². The summed E-state index contributed by atoms with van der Waals surface area (Å²) in [6.45, 7) is 5.86. The quantitative estimate of drug-likeness (QED) is 0.736. The van der Waals surface area contributed by atoms with Gasteiger partial charge in [0.2, 0.25) is 11.7 Å². The highest BCUT2D eigenvalue weighted by Crippen LogP contribution is 2.16. The lowest BCUT2D eigenvalue weighted by Gasteiger charge is -2.14. The molecule has 3 aromatic rings. The molecule has 6 nitrogen and oxygen atoms in total. The second kappa shape index (κ2) is 7.82. The van der Waals surface area contributed by atoms with Crippen LogP contribution in [0.5, 0.6) is 5.75 Å². The van der Waals surface area contributed by atoms with Crippen LogP contribution in [0.25, 0.3) is 11.4 Å². The minimum absolute atomic E-state index is 0.152. The smallest absolute Gasteiger partial charge is 0.261 e. The monoisotopic (exact) mass is 351 g/mol. The normalized spacial score (nSPS) is 11.8. The number of carbonyl (C=O) groups excluding carboxylic acids is 1. The van der Waals surface area contributed by atoms with E-state index in [1.165, 1.54) is 0 Å². The van der Waals surface area contributed by atoms with Gasteiger partial charge in [0.05, 0.1) is 6.54 Å². The highest BCUT2D eigenvalue weighted by molar-refractivity contribution is 5.80. The Morgan fingerprint density at radius 3 is 2.35 bits per heavy atom. The predicted molar refractivity (Wildman–Crippen MR) is 97.6 cm³/mol. The predicted octanol–water partition coefficient (Wildman–Crippen LogP) is 3.44. The molecule has 2 aromatic carbocycles. The highest BCUT2D eigenvalue weighted by Gasteiger charge is 2.16. The highest BCUT2D eigenvalue weighted by atomic mass is 16.5. The largest absolute Gasteiger partial charge is 0.481 e. The van der Waals surface area contributed by atoms with Crippen molar-refractivity contribution in [2.24, 2.45) is 0 Å². The molecular formula is C20H21N3O3. The van der Waals surface area contributed by atoms with Crippen LogP contribution in [0.1, 0.15) is 23.9 Å². The van der Waals surface area contributed by atoms with Crippen molar-refractivity contribution in [3.05, 3.63) is 65.5 Å². The molecule has 134 valence electrons. The molecule has 0 fully saturated rings. The number of benzene rings is 2. The molecule has 0 bridgehead atoms. The molecule has 1 N–H and O–H groups in total. The van der Waals surface area contributed by atoms with Gasteiger partial charge >= 0.3 is 0 Å². The number of aromatic nitrogens is 2. The van der Waals surface area contributed by atoms with Gasteiger partial charge in [-0.2, -0.15) is 4.98 Å². The number of amides is 1. The van der Waals surface area contributed by atoms with Crippen LogP contribution in [-0.2, 0) is 11.3 Å². The minimum atomic E-state index is -0.628. The van der Waals surface area contributed by atoms with E-state index in [0.29, 0.717) is 17.5 Å². The SMILES string of the molecule is Cc1ccc(O[C@H](C)C(=O)NCc2nc(-c3ccc(C)cc3)no2)cc1. The Balaban J connectivity index is 1.54. The van der Waals surface area contributed by atoms with Crippen molar-refractivity contribution in [3.8, 4) is 17.1 Å². The molecule has 0 aliphatic carbocycles. The maximum absolute atomic E-state index is 12.2. The van der Waals surface area contributed by atoms with Crippen LogP contribution < -0.4 is 10.1 Å². The average Bonchev–Trinajstić information content (AvgIpc) is 3.11. The van der Waals surface area contributed by atoms with Gasteiger partial charge in [0, 0.05) is 5.56 Å². The van der Waals surface area contributed by atoms with Gasteiger partial charge in [0.25, 0.3) is 5.91 Å². The van der Waals surface area contributed by atoms with Crippen molar-refractivity contribution in [3.63, 3.8) is 0 Å². The fourth-order valence-electron chi connectivity index (χ4n) is 2.33. The van der Waals surface area contributed by atoms with Crippen LogP contribution in [0, 0.1) is 13.8 Å². The lowest BCUT2D eigenvalue weighted by Crippen LogP contribution is -2.35. The number of nitrogens with one attached hydrogen (secondary N) is 1. The average molecular weight is 351 g/mol. The van der Waals surface area contributed by atoms with E-state index in [2.05, 4.69) is 15.5 Å². The van der Waals surface area contributed by atoms with Gasteiger partial charge in [-0.05, 0) is 32.9 Å². The minimum Gasteiger partial charge on any atom is -0.481 e. The molecular weight excluding hydrogens is 330 g/mol. The van der Waals surface area contributed by atoms with Gasteiger partial charge in [-0.25, -0.2) is 0 Å². The Labute approximate surface area is 152 Å². The zero-order valence-electron chi connectivity index (χ0n) is 15.0. The third-order valence-corrected chi connectivity index (χ3v) is 3.89. The molecule has 1 amide bonds. The van der Waals surface area contributed by atoms with E-state index in [1.807, 2.05) is 62.4 Å². The number of aryl methyl sites for hydroxylation is 2. The Hall–Kier alpha value is -3.15. The lowest BCUT2D eigenvalue weighted by atomic mass is 10.1. The third kappa shape index (κ3) is 4.47. The number of carbonyl (C=O) groups is 1. The summed E-state index contributed by atoms with van der Waals surface area (Å²) < 4.78 is 10.8. The summed E-state index contributed by atoms with van der Waals surface area (Å²) in [5.74, 6) is 1.24. The van der Waals surface area contributed by atoms with Gasteiger partial charge in [-0.15, -0.1) is 0 Å². The van der Waals surface area contributed by atoms with Gasteiger partial charge in [-0.3, -0.25) is 4.79 Å². The standard InChI is InChI=1S/C20H21N3O3/c1-13-4-8-16(9-5-13)19-22-18(26-23-19)12-21-20(24)15(3)25-17-10-6-14(2)7-11-17/h4-11,15H,12H2,1-3H3,(H,21,24)/t15-/m1/s1. The molecule has 0 spiro atoms. The molecule has 0 aliphatic heterocycles. The van der Waals surface area contributed by atoms with E-state index >= 15 is 0 Å². The number of ether oxygens (including phenoxy) is 1. The molecule has 0 saturated heterocycles. The molecule has 0 unspecified atom stereocenters. The summed E-state index contributed by atoms with van der Waals surface area (Å²) in [4.78, 5) is 16.5. The first-order chi connectivity index (χ1) is 12.5.